The number of hydrogen-bond acceptors (Lipinski definition) is 3. The minimum Gasteiger partial charge on any atom is -0.496 e. The van der Waals surface area contributed by atoms with Crippen LogP contribution in [0, 0.1) is 0 Å². The number of fused-ring (bicyclic) bond motifs is 1. The van der Waals surface area contributed by atoms with Crippen LogP contribution in [-0.2, 0) is 9.67 Å². The number of methoxy groups -OCH3 is 2. The number of ether oxygens (including phenoxy) is 2. The first-order valence-electron chi connectivity index (χ1n) is 6.54. The van der Waals surface area contributed by atoms with Gasteiger partial charge in [-0.2, -0.15) is 0 Å². The van der Waals surface area contributed by atoms with Gasteiger partial charge in [0.15, 0.2) is 4.87 Å². The van der Waals surface area contributed by atoms with Gasteiger partial charge in [0.05, 0.1) is 19.8 Å². The summed E-state index contributed by atoms with van der Waals surface area (Å²) in [6.07, 6.45) is 0. The molecule has 0 spiro atoms. The van der Waals surface area contributed by atoms with Gasteiger partial charge in [0.2, 0.25) is 0 Å². The second-order valence-electron chi connectivity index (χ2n) is 4.84. The molecule has 1 N–H and O–H groups in total. The van der Waals surface area contributed by atoms with Crippen molar-refractivity contribution < 1.29 is 14.3 Å². The van der Waals surface area contributed by atoms with Crippen LogP contribution in [0.3, 0.4) is 0 Å². The average Bonchev–Trinajstić information content (AvgIpc) is 2.78. The van der Waals surface area contributed by atoms with Crippen LogP contribution in [0.25, 0.3) is 0 Å². The lowest BCUT2D eigenvalue weighted by Crippen LogP contribution is -2.30. The maximum absolute atomic E-state index is 12.6. The highest BCUT2D eigenvalue weighted by molar-refractivity contribution is 6.42. The van der Waals surface area contributed by atoms with Crippen LogP contribution >= 0.6 is 23.2 Å². The summed E-state index contributed by atoms with van der Waals surface area (Å²) in [5.74, 6) is 0.573. The molecule has 0 aliphatic carbocycles. The topological polar surface area (TPSA) is 47.6 Å². The van der Waals surface area contributed by atoms with E-state index in [1.807, 2.05) is 0 Å². The fourth-order valence-corrected chi connectivity index (χ4v) is 3.24. The summed E-state index contributed by atoms with van der Waals surface area (Å²) in [4.78, 5) is 11.1. The Morgan fingerprint density at radius 1 is 1.09 bits per heavy atom. The van der Waals surface area contributed by atoms with E-state index >= 15 is 0 Å². The number of rotatable bonds is 3. The van der Waals surface area contributed by atoms with Gasteiger partial charge in [-0.15, -0.1) is 0 Å². The number of amides is 1. The van der Waals surface area contributed by atoms with E-state index < -0.39 is 4.87 Å². The van der Waals surface area contributed by atoms with Crippen molar-refractivity contribution in [2.75, 3.05) is 19.5 Å². The van der Waals surface area contributed by atoms with E-state index in [2.05, 4.69) is 5.32 Å². The quantitative estimate of drug-likeness (QED) is 0.866. The molecule has 2 aromatic carbocycles. The number of anilines is 1. The van der Waals surface area contributed by atoms with E-state index in [-0.39, 0.29) is 5.91 Å². The van der Waals surface area contributed by atoms with Crippen molar-refractivity contribution >= 4 is 34.8 Å². The Labute approximate surface area is 137 Å². The van der Waals surface area contributed by atoms with Gasteiger partial charge in [0.25, 0.3) is 5.91 Å². The van der Waals surface area contributed by atoms with Crippen LogP contribution in [0.2, 0.25) is 5.02 Å². The molecule has 1 aliphatic rings. The molecule has 0 saturated carbocycles. The second-order valence-corrected chi connectivity index (χ2v) is 5.84. The summed E-state index contributed by atoms with van der Waals surface area (Å²) in [6, 6.07) is 10.3. The number of alkyl halides is 1. The average molecular weight is 338 g/mol. The summed E-state index contributed by atoms with van der Waals surface area (Å²) in [7, 11) is 3.04. The molecule has 6 heteroatoms. The van der Waals surface area contributed by atoms with Crippen molar-refractivity contribution in [1.82, 2.24) is 0 Å². The minimum absolute atomic E-state index is 0.366. The molecule has 4 nitrogen and oxygen atoms in total. The highest BCUT2D eigenvalue weighted by Crippen LogP contribution is 2.52. The van der Waals surface area contributed by atoms with Crippen molar-refractivity contribution in [2.24, 2.45) is 0 Å². The third-order valence-electron chi connectivity index (χ3n) is 3.69. The third-order valence-corrected chi connectivity index (χ3v) is 4.49. The fourth-order valence-electron chi connectivity index (χ4n) is 2.68. The molecule has 1 atom stereocenters. The van der Waals surface area contributed by atoms with Gasteiger partial charge in [-0.05, 0) is 30.3 Å². The molecular formula is C16H13Cl2NO3. The van der Waals surface area contributed by atoms with E-state index in [0.717, 1.165) is 0 Å². The van der Waals surface area contributed by atoms with E-state index in [1.54, 1.807) is 36.4 Å². The van der Waals surface area contributed by atoms with Gasteiger partial charge in [0.1, 0.15) is 11.5 Å². The lowest BCUT2D eigenvalue weighted by Gasteiger charge is -2.24. The predicted molar refractivity (Wildman–Crippen MR) is 86.3 cm³/mol. The number of hydrogen-bond donors (Lipinski definition) is 1. The van der Waals surface area contributed by atoms with Crippen LogP contribution in [-0.4, -0.2) is 20.1 Å². The lowest BCUT2D eigenvalue weighted by molar-refractivity contribution is -0.117. The second kappa shape index (κ2) is 5.38. The predicted octanol–water partition coefficient (Wildman–Crippen LogP) is 3.79. The first-order chi connectivity index (χ1) is 10.5. The molecule has 1 unspecified atom stereocenters. The Morgan fingerprint density at radius 2 is 1.73 bits per heavy atom. The Bertz CT molecular complexity index is 741. The van der Waals surface area contributed by atoms with E-state index in [0.29, 0.717) is 33.3 Å². The zero-order valence-corrected chi connectivity index (χ0v) is 13.5. The normalized spacial score (nSPS) is 19.5. The molecule has 2 aromatic rings. The van der Waals surface area contributed by atoms with Crippen LogP contribution in [0.4, 0.5) is 5.69 Å². The van der Waals surface area contributed by atoms with Crippen molar-refractivity contribution in [1.29, 1.82) is 0 Å². The molecule has 114 valence electrons. The Balaban J connectivity index is 2.33. The molecule has 22 heavy (non-hydrogen) atoms. The number of carbonyl (C=O) groups is 1. The molecule has 1 amide bonds. The van der Waals surface area contributed by atoms with E-state index in [4.69, 9.17) is 32.7 Å². The smallest absolute Gasteiger partial charge is 0.255 e. The number of carbonyl (C=O) groups excluding carboxylic acids is 1. The minimum atomic E-state index is -1.46. The van der Waals surface area contributed by atoms with Crippen LogP contribution < -0.4 is 14.8 Å². The standard InChI is InChI=1S/C16H13Cl2NO3/c1-21-12-4-3-5-13(22-2)14(12)16(18)10-8-9(17)6-7-11(10)19-15(16)20/h3-8H,1-2H3,(H,19,20). The highest BCUT2D eigenvalue weighted by atomic mass is 35.5. The maximum atomic E-state index is 12.6. The Morgan fingerprint density at radius 3 is 2.32 bits per heavy atom. The van der Waals surface area contributed by atoms with Crippen molar-refractivity contribution in [3.8, 4) is 11.5 Å². The maximum Gasteiger partial charge on any atom is 0.255 e. The number of halogens is 2. The summed E-state index contributed by atoms with van der Waals surface area (Å²) in [6.45, 7) is 0. The SMILES string of the molecule is COc1cccc(OC)c1C1(Cl)C(=O)Nc2ccc(Cl)cc21. The van der Waals surface area contributed by atoms with Crippen LogP contribution in [0.5, 0.6) is 11.5 Å². The first kappa shape index (κ1) is 15.0. The van der Waals surface area contributed by atoms with Gasteiger partial charge >= 0.3 is 0 Å². The van der Waals surface area contributed by atoms with Crippen LogP contribution in [0.15, 0.2) is 36.4 Å². The van der Waals surface area contributed by atoms with Crippen molar-refractivity contribution in [3.63, 3.8) is 0 Å². The third kappa shape index (κ3) is 2.02. The van der Waals surface area contributed by atoms with Crippen LogP contribution in [0.1, 0.15) is 11.1 Å². The Hall–Kier alpha value is -1.91. The largest absolute Gasteiger partial charge is 0.496 e. The molecule has 0 radical (unpaired) electrons. The highest BCUT2D eigenvalue weighted by Gasteiger charge is 2.50. The summed E-state index contributed by atoms with van der Waals surface area (Å²) >= 11 is 12.9. The van der Waals surface area contributed by atoms with E-state index in [1.165, 1.54) is 14.2 Å². The lowest BCUT2D eigenvalue weighted by atomic mass is 9.90. The molecule has 1 aliphatic heterocycles. The van der Waals surface area contributed by atoms with Gasteiger partial charge in [-0.1, -0.05) is 29.3 Å². The molecule has 0 bridgehead atoms. The summed E-state index contributed by atoms with van der Waals surface area (Å²) in [5, 5.41) is 3.27. The van der Waals surface area contributed by atoms with Gasteiger partial charge < -0.3 is 14.8 Å². The van der Waals surface area contributed by atoms with Crippen molar-refractivity contribution in [3.05, 3.63) is 52.5 Å². The number of nitrogens with one attached hydrogen (secondary N) is 1. The number of benzene rings is 2. The molecular weight excluding hydrogens is 325 g/mol. The van der Waals surface area contributed by atoms with E-state index in [9.17, 15) is 4.79 Å². The van der Waals surface area contributed by atoms with Gasteiger partial charge in [-0.3, -0.25) is 4.79 Å². The fraction of sp³-hybridized carbons (Fsp3) is 0.188. The van der Waals surface area contributed by atoms with Gasteiger partial charge in [0, 0.05) is 16.3 Å². The van der Waals surface area contributed by atoms with Gasteiger partial charge in [-0.25, -0.2) is 0 Å². The van der Waals surface area contributed by atoms with Crippen molar-refractivity contribution in [2.45, 2.75) is 4.87 Å². The first-order valence-corrected chi connectivity index (χ1v) is 7.29. The zero-order chi connectivity index (χ0) is 15.9. The molecule has 3 rings (SSSR count). The zero-order valence-electron chi connectivity index (χ0n) is 11.9. The summed E-state index contributed by atoms with van der Waals surface area (Å²) in [5.41, 5.74) is 1.66. The summed E-state index contributed by atoms with van der Waals surface area (Å²) < 4.78 is 10.8. The molecule has 0 fully saturated rings. The molecule has 0 aromatic heterocycles. The monoisotopic (exact) mass is 337 g/mol. The molecule has 0 saturated heterocycles. The molecule has 1 heterocycles. The Kier molecular flexibility index (Phi) is 3.67.